The number of hydrogen-bond donors (Lipinski definition) is 2. The van der Waals surface area contributed by atoms with Crippen LogP contribution in [0.3, 0.4) is 0 Å². The van der Waals surface area contributed by atoms with Gasteiger partial charge in [-0.3, -0.25) is 14.6 Å². The minimum Gasteiger partial charge on any atom is -0.481 e. The van der Waals surface area contributed by atoms with Crippen LogP contribution in [0.25, 0.3) is 0 Å². The second-order valence-electron chi connectivity index (χ2n) is 8.39. The van der Waals surface area contributed by atoms with Crippen LogP contribution in [0.4, 0.5) is 0 Å². The quantitative estimate of drug-likeness (QED) is 0.783. The van der Waals surface area contributed by atoms with Gasteiger partial charge in [0.05, 0.1) is 12.0 Å². The standard InChI is InChI=1S/C21H31N3O2/c1-2-23-14-21(15-23,13-20(25)26)24-10-8-17(9-11-24)22-19-12-18(19)16-6-4-3-5-7-16/h3-7,17-19,22H,2,8-15H2,1H3,(H,25,26)/t18-,19+/m0/s1. The highest BCUT2D eigenvalue weighted by atomic mass is 16.4. The molecule has 1 aromatic rings. The summed E-state index contributed by atoms with van der Waals surface area (Å²) in [6, 6.07) is 12.0. The molecule has 0 aromatic heterocycles. The molecule has 2 aliphatic heterocycles. The molecule has 142 valence electrons. The molecule has 1 saturated carbocycles. The number of nitrogens with one attached hydrogen (secondary N) is 1. The molecular weight excluding hydrogens is 326 g/mol. The average Bonchev–Trinajstić information content (AvgIpc) is 3.38. The summed E-state index contributed by atoms with van der Waals surface area (Å²) in [6.45, 7) is 7.03. The van der Waals surface area contributed by atoms with Crippen molar-refractivity contribution in [2.24, 2.45) is 0 Å². The molecule has 3 fully saturated rings. The zero-order valence-corrected chi connectivity index (χ0v) is 15.7. The molecule has 3 aliphatic rings. The summed E-state index contributed by atoms with van der Waals surface area (Å²) in [4.78, 5) is 16.2. The summed E-state index contributed by atoms with van der Waals surface area (Å²) in [5.74, 6) is 0.0158. The number of aliphatic carboxylic acids is 1. The summed E-state index contributed by atoms with van der Waals surface area (Å²) in [5, 5.41) is 13.2. The number of hydrogen-bond acceptors (Lipinski definition) is 4. The summed E-state index contributed by atoms with van der Waals surface area (Å²) in [7, 11) is 0. The van der Waals surface area contributed by atoms with E-state index in [0.717, 1.165) is 45.6 Å². The molecule has 1 aromatic carbocycles. The van der Waals surface area contributed by atoms with Crippen molar-refractivity contribution in [3.8, 4) is 0 Å². The van der Waals surface area contributed by atoms with Crippen molar-refractivity contribution in [2.75, 3.05) is 32.7 Å². The molecule has 0 bridgehead atoms. The molecule has 0 radical (unpaired) electrons. The Labute approximate surface area is 156 Å². The van der Waals surface area contributed by atoms with Gasteiger partial charge in [-0.2, -0.15) is 0 Å². The Kier molecular flexibility index (Phi) is 5.04. The Balaban J connectivity index is 1.27. The van der Waals surface area contributed by atoms with Crippen molar-refractivity contribution < 1.29 is 9.90 Å². The van der Waals surface area contributed by atoms with Crippen LogP contribution in [-0.4, -0.2) is 71.2 Å². The number of likely N-dealkylation sites (N-methyl/N-ethyl adjacent to an activating group) is 1. The number of benzene rings is 1. The Morgan fingerprint density at radius 1 is 1.23 bits per heavy atom. The second-order valence-corrected chi connectivity index (χ2v) is 8.39. The van der Waals surface area contributed by atoms with Crippen molar-refractivity contribution in [3.63, 3.8) is 0 Å². The Morgan fingerprint density at radius 2 is 1.92 bits per heavy atom. The van der Waals surface area contributed by atoms with Crippen molar-refractivity contribution in [3.05, 3.63) is 35.9 Å². The number of piperidine rings is 1. The zero-order valence-electron chi connectivity index (χ0n) is 15.7. The van der Waals surface area contributed by atoms with E-state index < -0.39 is 5.97 Å². The average molecular weight is 357 g/mol. The van der Waals surface area contributed by atoms with E-state index in [0.29, 0.717) is 18.0 Å². The van der Waals surface area contributed by atoms with Gasteiger partial charge in [0.2, 0.25) is 0 Å². The van der Waals surface area contributed by atoms with Crippen LogP contribution >= 0.6 is 0 Å². The van der Waals surface area contributed by atoms with Crippen molar-refractivity contribution in [2.45, 2.75) is 56.1 Å². The van der Waals surface area contributed by atoms with Gasteiger partial charge in [-0.1, -0.05) is 37.3 Å². The molecule has 5 nitrogen and oxygen atoms in total. The van der Waals surface area contributed by atoms with Crippen LogP contribution in [-0.2, 0) is 4.79 Å². The second kappa shape index (κ2) is 7.29. The van der Waals surface area contributed by atoms with E-state index >= 15 is 0 Å². The van der Waals surface area contributed by atoms with Crippen molar-refractivity contribution in [1.29, 1.82) is 0 Å². The smallest absolute Gasteiger partial charge is 0.305 e. The van der Waals surface area contributed by atoms with Crippen LogP contribution < -0.4 is 5.32 Å². The molecule has 0 unspecified atom stereocenters. The van der Waals surface area contributed by atoms with E-state index in [-0.39, 0.29) is 12.0 Å². The molecular formula is C21H31N3O2. The summed E-state index contributed by atoms with van der Waals surface area (Å²) >= 11 is 0. The first kappa shape index (κ1) is 18.0. The molecule has 4 rings (SSSR count). The predicted octanol–water partition coefficient (Wildman–Crippen LogP) is 2.15. The lowest BCUT2D eigenvalue weighted by atomic mass is 9.82. The van der Waals surface area contributed by atoms with E-state index in [9.17, 15) is 9.90 Å². The van der Waals surface area contributed by atoms with Gasteiger partial charge in [0.1, 0.15) is 0 Å². The van der Waals surface area contributed by atoms with Gasteiger partial charge in [-0.05, 0) is 31.4 Å². The van der Waals surface area contributed by atoms with Gasteiger partial charge in [0.25, 0.3) is 0 Å². The summed E-state index contributed by atoms with van der Waals surface area (Å²) < 4.78 is 0. The number of carbonyl (C=O) groups is 1. The van der Waals surface area contributed by atoms with Gasteiger partial charge >= 0.3 is 5.97 Å². The first-order valence-electron chi connectivity index (χ1n) is 10.1. The molecule has 1 aliphatic carbocycles. The Hall–Kier alpha value is -1.43. The number of likely N-dealkylation sites (tertiary alicyclic amines) is 2. The van der Waals surface area contributed by atoms with E-state index in [1.165, 1.54) is 12.0 Å². The Morgan fingerprint density at radius 3 is 2.54 bits per heavy atom. The molecule has 2 heterocycles. The van der Waals surface area contributed by atoms with Gasteiger partial charge in [-0.15, -0.1) is 0 Å². The zero-order chi connectivity index (χ0) is 18.1. The van der Waals surface area contributed by atoms with Gasteiger partial charge in [-0.25, -0.2) is 0 Å². The molecule has 2 saturated heterocycles. The van der Waals surface area contributed by atoms with E-state index in [2.05, 4.69) is 52.4 Å². The van der Waals surface area contributed by atoms with E-state index in [4.69, 9.17) is 0 Å². The van der Waals surface area contributed by atoms with Crippen LogP contribution in [0.15, 0.2) is 30.3 Å². The SMILES string of the molecule is CCN1CC(CC(=O)O)(N2CCC(N[C@@H]3C[C@H]3c3ccccc3)CC2)C1. The molecule has 2 atom stereocenters. The summed E-state index contributed by atoms with van der Waals surface area (Å²) in [6.07, 6.45) is 3.79. The fourth-order valence-corrected chi connectivity index (χ4v) is 4.99. The first-order chi connectivity index (χ1) is 12.6. The van der Waals surface area contributed by atoms with Crippen LogP contribution in [0.5, 0.6) is 0 Å². The monoisotopic (exact) mass is 357 g/mol. The van der Waals surface area contributed by atoms with Crippen molar-refractivity contribution >= 4 is 5.97 Å². The minimum absolute atomic E-state index is 0.126. The molecule has 0 spiro atoms. The largest absolute Gasteiger partial charge is 0.481 e. The highest BCUT2D eigenvalue weighted by molar-refractivity contribution is 5.69. The summed E-state index contributed by atoms with van der Waals surface area (Å²) in [5.41, 5.74) is 1.33. The van der Waals surface area contributed by atoms with Gasteiger partial charge < -0.3 is 10.4 Å². The molecule has 26 heavy (non-hydrogen) atoms. The van der Waals surface area contributed by atoms with Crippen molar-refractivity contribution in [1.82, 2.24) is 15.1 Å². The molecule has 2 N–H and O–H groups in total. The van der Waals surface area contributed by atoms with Gasteiger partial charge in [0.15, 0.2) is 0 Å². The molecule has 0 amide bonds. The van der Waals surface area contributed by atoms with Crippen LogP contribution in [0, 0.1) is 0 Å². The van der Waals surface area contributed by atoms with E-state index in [1.807, 2.05) is 0 Å². The predicted molar refractivity (Wildman–Crippen MR) is 102 cm³/mol. The lowest BCUT2D eigenvalue weighted by Gasteiger charge is -2.57. The molecule has 5 heteroatoms. The lowest BCUT2D eigenvalue weighted by Crippen LogP contribution is -2.72. The fraction of sp³-hybridized carbons (Fsp3) is 0.667. The van der Waals surface area contributed by atoms with Gasteiger partial charge in [0, 0.05) is 44.2 Å². The first-order valence-corrected chi connectivity index (χ1v) is 10.1. The third-order valence-electron chi connectivity index (χ3n) is 6.60. The maximum atomic E-state index is 11.4. The van der Waals surface area contributed by atoms with E-state index in [1.54, 1.807) is 0 Å². The third kappa shape index (κ3) is 3.66. The fourth-order valence-electron chi connectivity index (χ4n) is 4.99. The number of rotatable bonds is 7. The third-order valence-corrected chi connectivity index (χ3v) is 6.60. The highest BCUT2D eigenvalue weighted by Crippen LogP contribution is 2.41. The Bertz CT molecular complexity index is 621. The number of nitrogens with zero attached hydrogens (tertiary/aromatic N) is 2. The number of carboxylic acids is 1. The maximum Gasteiger partial charge on any atom is 0.305 e. The maximum absolute atomic E-state index is 11.4. The normalized spacial score (nSPS) is 29.3. The highest BCUT2D eigenvalue weighted by Gasteiger charge is 2.49. The minimum atomic E-state index is -0.662. The van der Waals surface area contributed by atoms with Crippen LogP contribution in [0.2, 0.25) is 0 Å². The topological polar surface area (TPSA) is 55.8 Å². The lowest BCUT2D eigenvalue weighted by molar-refractivity contribution is -0.147. The van der Waals surface area contributed by atoms with Crippen LogP contribution in [0.1, 0.15) is 44.1 Å². The number of carboxylic acid groups (broad SMARTS) is 1.